The molecule has 1 saturated carbocycles. The molecule has 1 aliphatic carbocycles. The number of nitrogens with zero attached hydrogens (tertiary/aromatic N) is 2. The highest BCUT2D eigenvalue weighted by atomic mass is 16.2. The van der Waals surface area contributed by atoms with Gasteiger partial charge in [0.2, 0.25) is 11.8 Å². The molecule has 2 amide bonds. The van der Waals surface area contributed by atoms with Crippen molar-refractivity contribution in [1.82, 2.24) is 9.80 Å². The molecule has 4 fully saturated rings. The number of hydrogen-bond acceptors (Lipinski definition) is 2. The zero-order valence-corrected chi connectivity index (χ0v) is 13.5. The van der Waals surface area contributed by atoms with Gasteiger partial charge in [-0.2, -0.15) is 0 Å². The van der Waals surface area contributed by atoms with Crippen LogP contribution in [0.25, 0.3) is 0 Å². The number of carbonyl (C=O) groups excluding carboxylic acids is 2. The maximum absolute atomic E-state index is 12.9. The van der Waals surface area contributed by atoms with E-state index in [1.807, 2.05) is 0 Å². The molecule has 0 aromatic carbocycles. The van der Waals surface area contributed by atoms with Crippen LogP contribution >= 0.6 is 0 Å². The molecule has 0 aromatic rings. The van der Waals surface area contributed by atoms with Crippen LogP contribution in [-0.4, -0.2) is 47.3 Å². The SMILES string of the molecule is O=C(C1CCCCC1)N1CC2CC(C1)[C@H]1CCCC(=O)N1C2. The van der Waals surface area contributed by atoms with E-state index in [1.54, 1.807) is 0 Å². The molecule has 4 nitrogen and oxygen atoms in total. The molecule has 4 rings (SSSR count). The Morgan fingerprint density at radius 3 is 2.59 bits per heavy atom. The van der Waals surface area contributed by atoms with Gasteiger partial charge in [-0.05, 0) is 43.9 Å². The van der Waals surface area contributed by atoms with E-state index in [9.17, 15) is 9.59 Å². The zero-order valence-electron chi connectivity index (χ0n) is 13.5. The molecule has 0 aromatic heterocycles. The molecule has 2 unspecified atom stereocenters. The van der Waals surface area contributed by atoms with Gasteiger partial charge in [0.25, 0.3) is 0 Å². The van der Waals surface area contributed by atoms with E-state index in [0.29, 0.717) is 29.7 Å². The minimum Gasteiger partial charge on any atom is -0.342 e. The van der Waals surface area contributed by atoms with Crippen molar-refractivity contribution in [2.75, 3.05) is 19.6 Å². The number of piperidine rings is 3. The van der Waals surface area contributed by atoms with Crippen LogP contribution in [0.2, 0.25) is 0 Å². The topological polar surface area (TPSA) is 40.6 Å². The number of likely N-dealkylation sites (tertiary alicyclic amines) is 1. The highest BCUT2D eigenvalue weighted by Gasteiger charge is 2.45. The highest BCUT2D eigenvalue weighted by Crippen LogP contribution is 2.38. The van der Waals surface area contributed by atoms with E-state index in [2.05, 4.69) is 9.80 Å². The number of fused-ring (bicyclic) bond motifs is 4. The van der Waals surface area contributed by atoms with Gasteiger partial charge in [0.1, 0.15) is 0 Å². The second kappa shape index (κ2) is 5.86. The van der Waals surface area contributed by atoms with Crippen molar-refractivity contribution in [3.8, 4) is 0 Å². The molecule has 0 N–H and O–H groups in total. The zero-order chi connectivity index (χ0) is 15.1. The minimum atomic E-state index is 0.289. The molecule has 3 aliphatic heterocycles. The van der Waals surface area contributed by atoms with Crippen LogP contribution in [0.3, 0.4) is 0 Å². The third kappa shape index (κ3) is 2.55. The molecule has 3 atom stereocenters. The molecular formula is C18H28N2O2. The monoisotopic (exact) mass is 304 g/mol. The van der Waals surface area contributed by atoms with E-state index >= 15 is 0 Å². The average molecular weight is 304 g/mol. The predicted octanol–water partition coefficient (Wildman–Crippen LogP) is 2.43. The maximum Gasteiger partial charge on any atom is 0.225 e. The lowest BCUT2D eigenvalue weighted by Gasteiger charge is -2.52. The predicted molar refractivity (Wildman–Crippen MR) is 84.1 cm³/mol. The first kappa shape index (κ1) is 14.5. The Kier molecular flexibility index (Phi) is 3.87. The third-order valence-corrected chi connectivity index (χ3v) is 6.45. The molecule has 122 valence electrons. The molecule has 4 aliphatic rings. The fourth-order valence-corrected chi connectivity index (χ4v) is 5.40. The molecule has 0 spiro atoms. The molecule has 3 heterocycles. The van der Waals surface area contributed by atoms with E-state index in [0.717, 1.165) is 51.7 Å². The smallest absolute Gasteiger partial charge is 0.225 e. The minimum absolute atomic E-state index is 0.289. The maximum atomic E-state index is 12.9. The van der Waals surface area contributed by atoms with Gasteiger partial charge in [0.05, 0.1) is 0 Å². The van der Waals surface area contributed by atoms with E-state index in [4.69, 9.17) is 0 Å². The van der Waals surface area contributed by atoms with Crippen LogP contribution in [0.1, 0.15) is 57.8 Å². The Morgan fingerprint density at radius 2 is 1.77 bits per heavy atom. The number of amides is 2. The fraction of sp³-hybridized carbons (Fsp3) is 0.889. The van der Waals surface area contributed by atoms with Crippen molar-refractivity contribution in [3.05, 3.63) is 0 Å². The van der Waals surface area contributed by atoms with Crippen molar-refractivity contribution >= 4 is 11.8 Å². The summed E-state index contributed by atoms with van der Waals surface area (Å²) in [5.41, 5.74) is 0. The summed E-state index contributed by atoms with van der Waals surface area (Å²) in [6.07, 6.45) is 10.1. The summed E-state index contributed by atoms with van der Waals surface area (Å²) < 4.78 is 0. The van der Waals surface area contributed by atoms with Gasteiger partial charge in [0, 0.05) is 38.0 Å². The summed E-state index contributed by atoms with van der Waals surface area (Å²) in [6, 6.07) is 0.416. The normalized spacial score (nSPS) is 36.2. The Morgan fingerprint density at radius 1 is 0.955 bits per heavy atom. The van der Waals surface area contributed by atoms with Gasteiger partial charge in [-0.3, -0.25) is 9.59 Å². The van der Waals surface area contributed by atoms with Crippen LogP contribution in [0, 0.1) is 17.8 Å². The first-order chi connectivity index (χ1) is 10.7. The van der Waals surface area contributed by atoms with Gasteiger partial charge in [0.15, 0.2) is 0 Å². The summed E-state index contributed by atoms with van der Waals surface area (Å²) in [6.45, 7) is 2.69. The Bertz CT molecular complexity index is 458. The molecule has 0 radical (unpaired) electrons. The van der Waals surface area contributed by atoms with Gasteiger partial charge in [-0.25, -0.2) is 0 Å². The average Bonchev–Trinajstić information content (AvgIpc) is 2.56. The van der Waals surface area contributed by atoms with Crippen LogP contribution < -0.4 is 0 Å². The lowest BCUT2D eigenvalue weighted by Crippen LogP contribution is -2.61. The second-order valence-electron chi connectivity index (χ2n) is 7.95. The van der Waals surface area contributed by atoms with E-state index < -0.39 is 0 Å². The largest absolute Gasteiger partial charge is 0.342 e. The molecule has 22 heavy (non-hydrogen) atoms. The summed E-state index contributed by atoms with van der Waals surface area (Å²) in [7, 11) is 0. The Hall–Kier alpha value is -1.06. The van der Waals surface area contributed by atoms with E-state index in [1.165, 1.54) is 25.7 Å². The molecular weight excluding hydrogens is 276 g/mol. The quantitative estimate of drug-likeness (QED) is 0.746. The molecule has 2 bridgehead atoms. The van der Waals surface area contributed by atoms with Crippen LogP contribution in [0.15, 0.2) is 0 Å². The highest BCUT2D eigenvalue weighted by molar-refractivity contribution is 5.79. The first-order valence-corrected chi connectivity index (χ1v) is 9.30. The fourth-order valence-electron chi connectivity index (χ4n) is 5.40. The lowest BCUT2D eigenvalue weighted by molar-refractivity contribution is -0.150. The third-order valence-electron chi connectivity index (χ3n) is 6.45. The van der Waals surface area contributed by atoms with Crippen molar-refractivity contribution in [2.45, 2.75) is 63.8 Å². The summed E-state index contributed by atoms with van der Waals surface area (Å²) in [4.78, 5) is 29.4. The molecule has 4 heteroatoms. The van der Waals surface area contributed by atoms with Crippen LogP contribution in [0.4, 0.5) is 0 Å². The van der Waals surface area contributed by atoms with E-state index in [-0.39, 0.29) is 5.92 Å². The van der Waals surface area contributed by atoms with Gasteiger partial charge >= 0.3 is 0 Å². The Balaban J connectivity index is 1.45. The van der Waals surface area contributed by atoms with Crippen molar-refractivity contribution in [3.63, 3.8) is 0 Å². The van der Waals surface area contributed by atoms with Crippen molar-refractivity contribution < 1.29 is 9.59 Å². The van der Waals surface area contributed by atoms with Crippen LogP contribution in [-0.2, 0) is 9.59 Å². The summed E-state index contributed by atoms with van der Waals surface area (Å²) in [5.74, 6) is 2.12. The van der Waals surface area contributed by atoms with Gasteiger partial charge < -0.3 is 9.80 Å². The number of rotatable bonds is 1. The lowest BCUT2D eigenvalue weighted by atomic mass is 9.75. The summed E-state index contributed by atoms with van der Waals surface area (Å²) in [5, 5.41) is 0. The number of carbonyl (C=O) groups is 2. The van der Waals surface area contributed by atoms with Crippen molar-refractivity contribution in [2.24, 2.45) is 17.8 Å². The molecule has 3 saturated heterocycles. The summed E-state index contributed by atoms with van der Waals surface area (Å²) >= 11 is 0. The second-order valence-corrected chi connectivity index (χ2v) is 7.95. The van der Waals surface area contributed by atoms with Gasteiger partial charge in [-0.1, -0.05) is 19.3 Å². The van der Waals surface area contributed by atoms with Crippen LogP contribution in [0.5, 0.6) is 0 Å². The van der Waals surface area contributed by atoms with Gasteiger partial charge in [-0.15, -0.1) is 0 Å². The number of hydrogen-bond donors (Lipinski definition) is 0. The van der Waals surface area contributed by atoms with Crippen molar-refractivity contribution in [1.29, 1.82) is 0 Å². The Labute approximate surface area is 133 Å². The first-order valence-electron chi connectivity index (χ1n) is 9.30. The standard InChI is InChI=1S/C18H28N2O2/c21-17-8-4-7-16-15-9-13(11-20(16)17)10-19(12-15)18(22)14-5-2-1-3-6-14/h13-16H,1-12H2/t13?,15?,16-/m1/s1.